The Labute approximate surface area is 101 Å². The van der Waals surface area contributed by atoms with Crippen molar-refractivity contribution >= 4 is 11.6 Å². The second-order valence-electron chi connectivity index (χ2n) is 5.25. The molecule has 0 bridgehead atoms. The van der Waals surface area contributed by atoms with Crippen molar-refractivity contribution in [3.63, 3.8) is 0 Å². The maximum Gasteiger partial charge on any atom is 0.130 e. The van der Waals surface area contributed by atoms with Gasteiger partial charge in [-0.2, -0.15) is 0 Å². The van der Waals surface area contributed by atoms with Gasteiger partial charge in [0.1, 0.15) is 5.82 Å². The fraction of sp³-hybridized carbons (Fsp3) is 0.538. The average Bonchev–Trinajstić information content (AvgIpc) is 2.13. The molecular formula is C13H18ClFO. The molecule has 0 aliphatic carbocycles. The molecule has 1 N–H and O–H groups in total. The van der Waals surface area contributed by atoms with Crippen LogP contribution in [0.1, 0.15) is 45.3 Å². The van der Waals surface area contributed by atoms with E-state index in [0.29, 0.717) is 11.4 Å². The van der Waals surface area contributed by atoms with Crippen molar-refractivity contribution in [2.45, 2.75) is 39.7 Å². The molecule has 0 saturated carbocycles. The first-order valence-corrected chi connectivity index (χ1v) is 5.81. The van der Waals surface area contributed by atoms with Gasteiger partial charge in [0.15, 0.2) is 0 Å². The highest BCUT2D eigenvalue weighted by atomic mass is 35.5. The summed E-state index contributed by atoms with van der Waals surface area (Å²) in [6, 6.07) is 4.46. The Morgan fingerprint density at radius 3 is 2.50 bits per heavy atom. The summed E-state index contributed by atoms with van der Waals surface area (Å²) in [6.07, 6.45) is 0.510. The largest absolute Gasteiger partial charge is 0.388 e. The van der Waals surface area contributed by atoms with Gasteiger partial charge >= 0.3 is 0 Å². The van der Waals surface area contributed by atoms with E-state index < -0.39 is 11.9 Å². The van der Waals surface area contributed by atoms with Crippen LogP contribution < -0.4 is 0 Å². The van der Waals surface area contributed by atoms with E-state index in [2.05, 4.69) is 20.8 Å². The van der Waals surface area contributed by atoms with Crippen LogP contribution in [0, 0.1) is 11.2 Å². The van der Waals surface area contributed by atoms with Crippen molar-refractivity contribution in [1.82, 2.24) is 0 Å². The minimum absolute atomic E-state index is 0.124. The van der Waals surface area contributed by atoms with Crippen LogP contribution in [0.4, 0.5) is 4.39 Å². The van der Waals surface area contributed by atoms with Gasteiger partial charge in [-0.25, -0.2) is 4.39 Å². The third kappa shape index (κ3) is 3.76. The van der Waals surface area contributed by atoms with E-state index in [-0.39, 0.29) is 11.0 Å². The monoisotopic (exact) mass is 244 g/mol. The minimum atomic E-state index is -0.826. The van der Waals surface area contributed by atoms with Crippen LogP contribution in [0.2, 0.25) is 5.02 Å². The Balaban J connectivity index is 2.77. The predicted octanol–water partition coefficient (Wildman–Crippen LogP) is 4.34. The van der Waals surface area contributed by atoms with E-state index in [1.807, 2.05) is 0 Å². The Morgan fingerprint density at radius 1 is 1.38 bits per heavy atom. The van der Waals surface area contributed by atoms with Gasteiger partial charge in [-0.05, 0) is 30.4 Å². The lowest BCUT2D eigenvalue weighted by Gasteiger charge is -2.21. The fourth-order valence-electron chi connectivity index (χ4n) is 1.54. The third-order valence-corrected chi connectivity index (χ3v) is 2.83. The van der Waals surface area contributed by atoms with Crippen LogP contribution in [0.5, 0.6) is 0 Å². The number of aliphatic hydroxyl groups is 1. The summed E-state index contributed by atoms with van der Waals surface area (Å²) in [6.45, 7) is 6.26. The summed E-state index contributed by atoms with van der Waals surface area (Å²) in [5, 5.41) is 10.2. The maximum absolute atomic E-state index is 13.5. The minimum Gasteiger partial charge on any atom is -0.388 e. The van der Waals surface area contributed by atoms with Gasteiger partial charge in [0.05, 0.1) is 6.10 Å². The molecule has 1 aromatic carbocycles. The molecule has 0 radical (unpaired) electrons. The first-order chi connectivity index (χ1) is 7.31. The quantitative estimate of drug-likeness (QED) is 0.839. The molecule has 1 rings (SSSR count). The van der Waals surface area contributed by atoms with E-state index in [9.17, 15) is 9.50 Å². The Hall–Kier alpha value is -0.600. The number of rotatable bonds is 3. The fourth-order valence-corrected chi connectivity index (χ4v) is 1.83. The molecular weight excluding hydrogens is 227 g/mol. The molecule has 90 valence electrons. The highest BCUT2D eigenvalue weighted by Crippen LogP contribution is 2.32. The number of halogens is 2. The summed E-state index contributed by atoms with van der Waals surface area (Å²) in [5.74, 6) is -0.436. The lowest BCUT2D eigenvalue weighted by atomic mass is 9.88. The molecule has 0 amide bonds. The second kappa shape index (κ2) is 5.15. The summed E-state index contributed by atoms with van der Waals surface area (Å²) >= 11 is 5.87. The maximum atomic E-state index is 13.5. The van der Waals surface area contributed by atoms with Crippen molar-refractivity contribution in [2.75, 3.05) is 0 Å². The molecule has 1 aromatic rings. The molecule has 16 heavy (non-hydrogen) atoms. The first-order valence-electron chi connectivity index (χ1n) is 5.43. The third-order valence-electron chi connectivity index (χ3n) is 2.50. The molecule has 0 heterocycles. The molecule has 0 aromatic heterocycles. The van der Waals surface area contributed by atoms with Crippen molar-refractivity contribution < 1.29 is 9.50 Å². The number of hydrogen-bond donors (Lipinski definition) is 1. The van der Waals surface area contributed by atoms with Crippen LogP contribution >= 0.6 is 11.6 Å². The molecule has 1 atom stereocenters. The van der Waals surface area contributed by atoms with E-state index >= 15 is 0 Å². The van der Waals surface area contributed by atoms with E-state index in [1.54, 1.807) is 6.07 Å². The zero-order valence-corrected chi connectivity index (χ0v) is 10.7. The summed E-state index contributed by atoms with van der Waals surface area (Å²) < 4.78 is 13.5. The number of hydrogen-bond acceptors (Lipinski definition) is 1. The first kappa shape index (κ1) is 13.5. The molecule has 3 heteroatoms. The normalized spacial score (nSPS) is 13.9. The molecule has 0 saturated heterocycles. The summed E-state index contributed by atoms with van der Waals surface area (Å²) in [5.41, 5.74) is 0.340. The van der Waals surface area contributed by atoms with Gasteiger partial charge in [0.25, 0.3) is 0 Å². The van der Waals surface area contributed by atoms with E-state index in [4.69, 9.17) is 11.6 Å². The topological polar surface area (TPSA) is 20.2 Å². The van der Waals surface area contributed by atoms with E-state index in [1.165, 1.54) is 12.1 Å². The Bertz CT molecular complexity index is 337. The van der Waals surface area contributed by atoms with Crippen molar-refractivity contribution in [1.29, 1.82) is 0 Å². The smallest absolute Gasteiger partial charge is 0.130 e. The highest BCUT2D eigenvalue weighted by molar-refractivity contribution is 6.31. The zero-order valence-electron chi connectivity index (χ0n) is 9.93. The van der Waals surface area contributed by atoms with Gasteiger partial charge in [-0.1, -0.05) is 38.4 Å². The van der Waals surface area contributed by atoms with Crippen LogP contribution in [0.15, 0.2) is 18.2 Å². The van der Waals surface area contributed by atoms with Crippen molar-refractivity contribution in [3.05, 3.63) is 34.6 Å². The molecule has 0 aliphatic heterocycles. The van der Waals surface area contributed by atoms with Gasteiger partial charge in [0, 0.05) is 10.6 Å². The summed E-state index contributed by atoms with van der Waals surface area (Å²) in [4.78, 5) is 0. The van der Waals surface area contributed by atoms with Gasteiger partial charge in [0.2, 0.25) is 0 Å². The van der Waals surface area contributed by atoms with Gasteiger partial charge in [-0.3, -0.25) is 0 Å². The van der Waals surface area contributed by atoms with Crippen LogP contribution in [0.3, 0.4) is 0 Å². The summed E-state index contributed by atoms with van der Waals surface area (Å²) in [7, 11) is 0. The Morgan fingerprint density at radius 2 is 2.00 bits per heavy atom. The molecule has 0 fully saturated rings. The number of aliphatic hydroxyl groups excluding tert-OH is 1. The van der Waals surface area contributed by atoms with Gasteiger partial charge in [-0.15, -0.1) is 0 Å². The van der Waals surface area contributed by atoms with Crippen molar-refractivity contribution in [2.24, 2.45) is 5.41 Å². The van der Waals surface area contributed by atoms with Gasteiger partial charge < -0.3 is 5.11 Å². The highest BCUT2D eigenvalue weighted by Gasteiger charge is 2.19. The molecule has 0 aliphatic rings. The van der Waals surface area contributed by atoms with E-state index in [0.717, 1.165) is 6.42 Å². The number of benzene rings is 1. The lowest BCUT2D eigenvalue weighted by Crippen LogP contribution is -2.09. The average molecular weight is 245 g/mol. The van der Waals surface area contributed by atoms with Crippen LogP contribution in [0.25, 0.3) is 0 Å². The van der Waals surface area contributed by atoms with Crippen LogP contribution in [-0.4, -0.2) is 5.11 Å². The molecule has 1 unspecified atom stereocenters. The van der Waals surface area contributed by atoms with Crippen molar-refractivity contribution in [3.8, 4) is 0 Å². The second-order valence-corrected chi connectivity index (χ2v) is 5.66. The Kier molecular flexibility index (Phi) is 4.34. The standard InChI is InChI=1S/C13H18ClFO/c1-13(2,3)8-7-11(16)12-9(14)5-4-6-10(12)15/h4-6,11,16H,7-8H2,1-3H3. The lowest BCUT2D eigenvalue weighted by molar-refractivity contribution is 0.143. The van der Waals surface area contributed by atoms with Crippen LogP contribution in [-0.2, 0) is 0 Å². The molecule has 1 nitrogen and oxygen atoms in total. The SMILES string of the molecule is CC(C)(C)CCC(O)c1c(F)cccc1Cl. The molecule has 0 spiro atoms. The predicted molar refractivity (Wildman–Crippen MR) is 65.1 cm³/mol. The zero-order chi connectivity index (χ0) is 12.3.